The molecule has 0 amide bonds. The number of halogens is 3. The Hall–Kier alpha value is -3.89. The minimum Gasteiger partial charge on any atom is -0.486 e. The normalized spacial score (nSPS) is 15.8. The molecule has 1 aromatic carbocycles. The first-order valence-electron chi connectivity index (χ1n) is 13.9. The van der Waals surface area contributed by atoms with Crippen molar-refractivity contribution in [2.45, 2.75) is 75.3 Å². The summed E-state index contributed by atoms with van der Waals surface area (Å²) < 4.78 is 87.2. The van der Waals surface area contributed by atoms with E-state index < -0.39 is 58.3 Å². The molecule has 45 heavy (non-hydrogen) atoms. The molecule has 0 aliphatic carbocycles. The lowest BCUT2D eigenvalue weighted by molar-refractivity contribution is -0.257. The number of benzene rings is 1. The summed E-state index contributed by atoms with van der Waals surface area (Å²) in [6.45, 7) is 3.12. The quantitative estimate of drug-likeness (QED) is 0.277. The van der Waals surface area contributed by atoms with Gasteiger partial charge in [0.05, 0.1) is 30.8 Å². The molecule has 2 aromatic heterocycles. The number of aromatic nitrogens is 2. The summed E-state index contributed by atoms with van der Waals surface area (Å²) in [6, 6.07) is 8.78. The van der Waals surface area contributed by atoms with Crippen LogP contribution in [0.3, 0.4) is 0 Å². The molecule has 0 unspecified atom stereocenters. The van der Waals surface area contributed by atoms with Crippen molar-refractivity contribution in [2.75, 3.05) is 24.1 Å². The highest BCUT2D eigenvalue weighted by atomic mass is 32.2. The van der Waals surface area contributed by atoms with Crippen LogP contribution in [0.25, 0.3) is 5.52 Å². The number of anilines is 1. The van der Waals surface area contributed by atoms with Gasteiger partial charge in [0.2, 0.25) is 5.60 Å². The number of carbonyl (C=O) groups excluding carboxylic acids is 2. The van der Waals surface area contributed by atoms with E-state index in [1.54, 1.807) is 12.1 Å². The number of alkyl halides is 3. The van der Waals surface area contributed by atoms with Crippen molar-refractivity contribution < 1.29 is 55.6 Å². The molecule has 1 aliphatic rings. The van der Waals surface area contributed by atoms with Crippen LogP contribution in [0.1, 0.15) is 46.1 Å². The molecule has 0 spiro atoms. The summed E-state index contributed by atoms with van der Waals surface area (Å²) in [5.41, 5.74) is -4.09. The average molecular weight is 658 g/mol. The van der Waals surface area contributed by atoms with Crippen molar-refractivity contribution in [1.29, 1.82) is 0 Å². The van der Waals surface area contributed by atoms with Crippen molar-refractivity contribution >= 4 is 33.0 Å². The number of hydrogen-bond acceptors (Lipinski definition) is 10. The first kappa shape index (κ1) is 34.0. The lowest BCUT2D eigenvalue weighted by atomic mass is 9.98. The molecule has 2 N–H and O–H groups in total. The van der Waals surface area contributed by atoms with E-state index >= 15 is 0 Å². The van der Waals surface area contributed by atoms with Crippen LogP contribution < -0.4 is 13.8 Å². The maximum absolute atomic E-state index is 14.4. The Bertz CT molecular complexity index is 1680. The van der Waals surface area contributed by atoms with E-state index in [0.717, 1.165) is 18.2 Å². The fourth-order valence-electron chi connectivity index (χ4n) is 4.53. The van der Waals surface area contributed by atoms with E-state index in [4.69, 9.17) is 9.47 Å². The largest absolute Gasteiger partial charge is 0.486 e. The number of Topliss-reactive ketones (excluding diaryl/α,β-unsaturated/α-hetero) is 1. The summed E-state index contributed by atoms with van der Waals surface area (Å²) in [5.74, 6) is -1.89. The molecular weight excluding hydrogens is 623 g/mol. The molecule has 246 valence electrons. The summed E-state index contributed by atoms with van der Waals surface area (Å²) in [7, 11) is -4.55. The third kappa shape index (κ3) is 7.34. The number of ketones is 1. The fourth-order valence-corrected chi connectivity index (χ4v) is 6.26. The fraction of sp³-hybridized carbons (Fsp3) is 0.483. The van der Waals surface area contributed by atoms with E-state index in [0.29, 0.717) is 0 Å². The highest BCUT2D eigenvalue weighted by Gasteiger charge is 2.50. The molecule has 4 rings (SSSR count). The summed E-state index contributed by atoms with van der Waals surface area (Å²) >= 11 is 0. The topological polar surface area (TPSA) is 157 Å². The zero-order valence-corrected chi connectivity index (χ0v) is 25.8. The molecule has 3 aromatic rings. The maximum atomic E-state index is 14.4. The average Bonchev–Trinajstić information content (AvgIpc) is 3.32. The second kappa shape index (κ2) is 12.5. The van der Waals surface area contributed by atoms with Crippen LogP contribution in [0.15, 0.2) is 47.5 Å². The number of sulfonamides is 1. The van der Waals surface area contributed by atoms with Crippen LogP contribution in [0.5, 0.6) is 11.6 Å². The van der Waals surface area contributed by atoms with Crippen LogP contribution in [-0.4, -0.2) is 83.2 Å². The maximum Gasteiger partial charge on any atom is 0.427 e. The minimum atomic E-state index is -4.82. The van der Waals surface area contributed by atoms with E-state index in [1.807, 2.05) is 0 Å². The zero-order chi connectivity index (χ0) is 33.4. The van der Waals surface area contributed by atoms with Gasteiger partial charge in [0.1, 0.15) is 24.1 Å². The lowest BCUT2D eigenvalue weighted by Crippen LogP contribution is -2.44. The number of aliphatic hydroxyl groups excluding tert-OH is 1. The van der Waals surface area contributed by atoms with Crippen LogP contribution >= 0.6 is 0 Å². The number of rotatable bonds is 12. The number of fused-ring (bicyclic) bond motifs is 2. The summed E-state index contributed by atoms with van der Waals surface area (Å²) in [4.78, 5) is 24.6. The minimum absolute atomic E-state index is 0.0242. The highest BCUT2D eigenvalue weighted by Crippen LogP contribution is 2.41. The van der Waals surface area contributed by atoms with Crippen LogP contribution in [0, 0.1) is 0 Å². The predicted molar refractivity (Wildman–Crippen MR) is 154 cm³/mol. The van der Waals surface area contributed by atoms with Gasteiger partial charge in [-0.3, -0.25) is 13.9 Å². The second-order valence-corrected chi connectivity index (χ2v) is 13.3. The van der Waals surface area contributed by atoms with E-state index in [-0.39, 0.29) is 59.3 Å². The SMILES string of the molecule is CC(C)(O)C(=O)CC[C@H]1CN(S(=O)(=O)c2c(OCCO)nn3ccccc23)c2cc(CC(=O)OC(C)(C)C(F)(F)F)ccc2O1. The molecule has 0 radical (unpaired) electrons. The molecule has 1 atom stereocenters. The van der Waals surface area contributed by atoms with Crippen LogP contribution in [0.2, 0.25) is 0 Å². The Kier molecular flexibility index (Phi) is 9.43. The zero-order valence-electron chi connectivity index (χ0n) is 25.0. The Morgan fingerprint density at radius 3 is 2.49 bits per heavy atom. The van der Waals surface area contributed by atoms with Crippen molar-refractivity contribution in [3.05, 3.63) is 48.2 Å². The van der Waals surface area contributed by atoms with Gasteiger partial charge in [0, 0.05) is 12.6 Å². The first-order valence-corrected chi connectivity index (χ1v) is 15.4. The van der Waals surface area contributed by atoms with E-state index in [9.17, 15) is 41.4 Å². The molecule has 3 heterocycles. The molecule has 0 saturated heterocycles. The second-order valence-electron chi connectivity index (χ2n) is 11.5. The van der Waals surface area contributed by atoms with Crippen LogP contribution in [-0.2, 0) is 30.8 Å². The summed E-state index contributed by atoms with van der Waals surface area (Å²) in [5, 5.41) is 23.6. The van der Waals surface area contributed by atoms with Gasteiger partial charge in [0.25, 0.3) is 15.9 Å². The van der Waals surface area contributed by atoms with Gasteiger partial charge < -0.3 is 24.4 Å². The monoisotopic (exact) mass is 657 g/mol. The van der Waals surface area contributed by atoms with Crippen LogP contribution in [0.4, 0.5) is 18.9 Å². The number of esters is 1. The van der Waals surface area contributed by atoms with Gasteiger partial charge >= 0.3 is 12.1 Å². The van der Waals surface area contributed by atoms with Gasteiger partial charge in [-0.25, -0.2) is 12.9 Å². The Labute approximate surface area is 257 Å². The number of carbonyl (C=O) groups is 2. The van der Waals surface area contributed by atoms with Crippen molar-refractivity contribution in [1.82, 2.24) is 9.61 Å². The number of pyridine rings is 1. The molecule has 16 heteroatoms. The number of aliphatic hydroxyl groups is 2. The van der Waals surface area contributed by atoms with Crippen molar-refractivity contribution in [2.24, 2.45) is 0 Å². The highest BCUT2D eigenvalue weighted by molar-refractivity contribution is 7.93. The van der Waals surface area contributed by atoms with Gasteiger partial charge in [0.15, 0.2) is 10.7 Å². The first-order chi connectivity index (χ1) is 20.8. The van der Waals surface area contributed by atoms with E-state index in [2.05, 4.69) is 9.84 Å². The van der Waals surface area contributed by atoms with Crippen molar-refractivity contribution in [3.8, 4) is 11.6 Å². The number of hydrogen-bond donors (Lipinski definition) is 2. The van der Waals surface area contributed by atoms with Gasteiger partial charge in [-0.05, 0) is 63.9 Å². The Balaban J connectivity index is 1.76. The number of ether oxygens (including phenoxy) is 3. The molecule has 0 bridgehead atoms. The van der Waals surface area contributed by atoms with Gasteiger partial charge in [-0.1, -0.05) is 12.1 Å². The van der Waals surface area contributed by atoms with Crippen molar-refractivity contribution in [3.63, 3.8) is 0 Å². The Morgan fingerprint density at radius 2 is 1.84 bits per heavy atom. The Morgan fingerprint density at radius 1 is 1.13 bits per heavy atom. The lowest BCUT2D eigenvalue weighted by Gasteiger charge is -2.36. The molecule has 0 saturated carbocycles. The third-order valence-corrected chi connectivity index (χ3v) is 8.90. The predicted octanol–water partition coefficient (Wildman–Crippen LogP) is 3.21. The third-order valence-electron chi connectivity index (χ3n) is 7.07. The summed E-state index contributed by atoms with van der Waals surface area (Å²) in [6.07, 6.45) is -4.86. The molecular formula is C29H34F3N3O9S. The molecule has 12 nitrogen and oxygen atoms in total. The standard InChI is InChI=1S/C29H34F3N3O9S/c1-27(2,39)23(37)11-9-19-17-35(45(40,41)25-20-7-5-6-12-34(20)33-26(25)42-14-13-36)21-15-18(8-10-22(21)43-19)16-24(38)44-28(3,4)29(30,31)32/h5-8,10,12,15,19,36,39H,9,11,13-14,16-17H2,1-4H3/t19-/m0/s1. The van der Waals surface area contributed by atoms with Gasteiger partial charge in [-0.15, -0.1) is 5.10 Å². The van der Waals surface area contributed by atoms with E-state index in [1.165, 1.54) is 48.8 Å². The molecule has 0 fully saturated rings. The van der Waals surface area contributed by atoms with Gasteiger partial charge in [-0.2, -0.15) is 13.2 Å². The smallest absolute Gasteiger partial charge is 0.427 e. The molecule has 1 aliphatic heterocycles. The number of nitrogens with zero attached hydrogens (tertiary/aromatic N) is 3.